The number of benzene rings is 2. The zero-order chi connectivity index (χ0) is 20.7. The summed E-state index contributed by atoms with van der Waals surface area (Å²) in [6.07, 6.45) is 0.823. The van der Waals surface area contributed by atoms with Crippen molar-refractivity contribution in [1.29, 1.82) is 0 Å². The Morgan fingerprint density at radius 1 is 0.933 bits per heavy atom. The van der Waals surface area contributed by atoms with Crippen LogP contribution < -0.4 is 14.4 Å². The maximum absolute atomic E-state index is 13.0. The van der Waals surface area contributed by atoms with Crippen LogP contribution in [0.1, 0.15) is 11.1 Å². The molecule has 3 aliphatic rings. The average Bonchev–Trinajstić information content (AvgIpc) is 3.17. The molecule has 9 heteroatoms. The zero-order valence-corrected chi connectivity index (χ0v) is 18.9. The van der Waals surface area contributed by atoms with Crippen LogP contribution in [0.2, 0.25) is 0 Å². The fourth-order valence-corrected chi connectivity index (χ4v) is 6.05. The molecule has 0 aromatic heterocycles. The lowest BCUT2D eigenvalue weighted by Crippen LogP contribution is -2.40. The van der Waals surface area contributed by atoms with E-state index in [4.69, 9.17) is 14.2 Å². The van der Waals surface area contributed by atoms with E-state index in [1.807, 2.05) is 24.3 Å². The lowest BCUT2D eigenvalue weighted by Gasteiger charge is -2.26. The van der Waals surface area contributed by atoms with Gasteiger partial charge in [-0.2, -0.15) is 4.31 Å². The highest BCUT2D eigenvalue weighted by molar-refractivity contribution is 9.10. The van der Waals surface area contributed by atoms with E-state index in [9.17, 15) is 8.42 Å². The molecule has 0 N–H and O–H groups in total. The molecule has 3 heterocycles. The van der Waals surface area contributed by atoms with Gasteiger partial charge >= 0.3 is 0 Å². The topological polar surface area (TPSA) is 68.3 Å². The lowest BCUT2D eigenvalue weighted by atomic mass is 10.1. The van der Waals surface area contributed by atoms with E-state index in [0.29, 0.717) is 51.0 Å². The van der Waals surface area contributed by atoms with Gasteiger partial charge in [0, 0.05) is 36.3 Å². The molecule has 2 aromatic carbocycles. The predicted octanol–water partition coefficient (Wildman–Crippen LogP) is 2.80. The van der Waals surface area contributed by atoms with Gasteiger partial charge in [-0.3, -0.25) is 0 Å². The van der Waals surface area contributed by atoms with Crippen LogP contribution in [0.25, 0.3) is 0 Å². The number of morpholine rings is 1. The number of nitrogens with zero attached hydrogens (tertiary/aromatic N) is 2. The van der Waals surface area contributed by atoms with Gasteiger partial charge in [-0.05, 0) is 47.9 Å². The summed E-state index contributed by atoms with van der Waals surface area (Å²) in [7, 11) is -3.48. The first kappa shape index (κ1) is 20.1. The van der Waals surface area contributed by atoms with E-state index in [1.165, 1.54) is 4.31 Å². The van der Waals surface area contributed by atoms with Crippen molar-refractivity contribution in [2.45, 2.75) is 17.9 Å². The first-order valence-corrected chi connectivity index (χ1v) is 12.3. The minimum Gasteiger partial charge on any atom is -0.486 e. The van der Waals surface area contributed by atoms with Gasteiger partial charge < -0.3 is 19.1 Å². The first-order valence-electron chi connectivity index (χ1n) is 10.1. The van der Waals surface area contributed by atoms with Gasteiger partial charge in [-0.1, -0.05) is 15.9 Å². The molecular formula is C21H23BrN2O5S. The summed E-state index contributed by atoms with van der Waals surface area (Å²) < 4.78 is 45.1. The molecule has 30 heavy (non-hydrogen) atoms. The Balaban J connectivity index is 1.38. The first-order chi connectivity index (χ1) is 14.5. The highest BCUT2D eigenvalue weighted by Crippen LogP contribution is 2.38. The molecule has 0 atom stereocenters. The maximum atomic E-state index is 13.0. The van der Waals surface area contributed by atoms with E-state index < -0.39 is 10.0 Å². The normalized spacial score (nSPS) is 19.0. The van der Waals surface area contributed by atoms with Crippen LogP contribution >= 0.6 is 15.9 Å². The molecule has 160 valence electrons. The minimum absolute atomic E-state index is 0.366. The second kappa shape index (κ2) is 8.03. The van der Waals surface area contributed by atoms with Crippen LogP contribution in [0, 0.1) is 0 Å². The quantitative estimate of drug-likeness (QED) is 0.650. The average molecular weight is 495 g/mol. The third-order valence-electron chi connectivity index (χ3n) is 5.72. The highest BCUT2D eigenvalue weighted by atomic mass is 79.9. The summed E-state index contributed by atoms with van der Waals surface area (Å²) in [6.45, 7) is 4.38. The molecule has 0 bridgehead atoms. The Bertz CT molecular complexity index is 1070. The number of hydrogen-bond acceptors (Lipinski definition) is 6. The summed E-state index contributed by atoms with van der Waals surface area (Å²) in [4.78, 5) is 2.64. The van der Waals surface area contributed by atoms with Crippen molar-refractivity contribution < 1.29 is 22.6 Å². The lowest BCUT2D eigenvalue weighted by molar-refractivity contribution is 0.0730. The van der Waals surface area contributed by atoms with E-state index in [1.54, 1.807) is 6.07 Å². The van der Waals surface area contributed by atoms with Gasteiger partial charge in [0.2, 0.25) is 10.0 Å². The Labute approximate surface area is 184 Å². The maximum Gasteiger partial charge on any atom is 0.243 e. The Morgan fingerprint density at radius 2 is 1.67 bits per heavy atom. The van der Waals surface area contributed by atoms with Crippen molar-refractivity contribution in [3.05, 3.63) is 45.9 Å². The molecule has 5 rings (SSSR count). The van der Waals surface area contributed by atoms with Gasteiger partial charge in [0.15, 0.2) is 11.5 Å². The molecule has 0 radical (unpaired) electrons. The Morgan fingerprint density at radius 3 is 2.43 bits per heavy atom. The van der Waals surface area contributed by atoms with E-state index in [-0.39, 0.29) is 0 Å². The van der Waals surface area contributed by atoms with Crippen molar-refractivity contribution in [2.24, 2.45) is 0 Å². The molecule has 0 aliphatic carbocycles. The standard InChI is InChI=1S/C21H23BrN2O5S/c22-18-13-21-20(28-9-10-29-21)12-16(18)14-23-4-3-15-11-17(1-2-19(15)23)30(25,26)24-5-7-27-8-6-24/h1-2,11-13H,3-10,14H2. The van der Waals surface area contributed by atoms with Crippen LogP contribution in [0.3, 0.4) is 0 Å². The molecule has 0 amide bonds. The molecule has 7 nitrogen and oxygen atoms in total. The molecule has 2 aromatic rings. The van der Waals surface area contributed by atoms with E-state index in [2.05, 4.69) is 20.8 Å². The number of anilines is 1. The van der Waals surface area contributed by atoms with E-state index >= 15 is 0 Å². The summed E-state index contributed by atoms with van der Waals surface area (Å²) in [5.41, 5.74) is 3.26. The van der Waals surface area contributed by atoms with E-state index in [0.717, 1.165) is 45.8 Å². The molecule has 0 saturated carbocycles. The largest absolute Gasteiger partial charge is 0.486 e. The molecule has 0 unspecified atom stereocenters. The van der Waals surface area contributed by atoms with Crippen molar-refractivity contribution >= 4 is 31.6 Å². The number of hydrogen-bond donors (Lipinski definition) is 0. The van der Waals surface area contributed by atoms with Gasteiger partial charge in [-0.25, -0.2) is 8.42 Å². The highest BCUT2D eigenvalue weighted by Gasteiger charge is 2.29. The SMILES string of the molecule is O=S(=O)(c1ccc2c(c1)CCN2Cc1cc2c(cc1Br)OCCO2)N1CCOCC1. The second-order valence-corrected chi connectivity index (χ2v) is 10.4. The van der Waals surface area contributed by atoms with Crippen molar-refractivity contribution in [1.82, 2.24) is 4.31 Å². The van der Waals surface area contributed by atoms with Crippen molar-refractivity contribution in [2.75, 3.05) is 51.0 Å². The Hall–Kier alpha value is -1.81. The second-order valence-electron chi connectivity index (χ2n) is 7.57. The number of sulfonamides is 1. The van der Waals surface area contributed by atoms with Crippen LogP contribution in [0.15, 0.2) is 39.7 Å². The summed E-state index contributed by atoms with van der Waals surface area (Å²) >= 11 is 3.65. The molecule has 3 aliphatic heterocycles. The monoisotopic (exact) mass is 494 g/mol. The fraction of sp³-hybridized carbons (Fsp3) is 0.429. The number of rotatable bonds is 4. The van der Waals surface area contributed by atoms with Gasteiger partial charge in [0.05, 0.1) is 18.1 Å². The molecule has 1 fully saturated rings. The predicted molar refractivity (Wildman–Crippen MR) is 116 cm³/mol. The van der Waals surface area contributed by atoms with Crippen LogP contribution in [0.5, 0.6) is 11.5 Å². The summed E-state index contributed by atoms with van der Waals surface area (Å²) in [5.74, 6) is 1.53. The molecular weight excluding hydrogens is 472 g/mol. The molecule has 0 spiro atoms. The molecule has 1 saturated heterocycles. The minimum atomic E-state index is -3.48. The van der Waals surface area contributed by atoms with Crippen LogP contribution in [-0.4, -0.2) is 58.8 Å². The smallest absolute Gasteiger partial charge is 0.243 e. The third-order valence-corrected chi connectivity index (χ3v) is 8.36. The summed E-state index contributed by atoms with van der Waals surface area (Å²) in [6, 6.07) is 9.47. The van der Waals surface area contributed by atoms with Crippen LogP contribution in [0.4, 0.5) is 5.69 Å². The van der Waals surface area contributed by atoms with Crippen molar-refractivity contribution in [3.63, 3.8) is 0 Å². The number of fused-ring (bicyclic) bond motifs is 2. The zero-order valence-electron chi connectivity index (χ0n) is 16.5. The Kier molecular flexibility index (Phi) is 5.38. The van der Waals surface area contributed by atoms with Crippen LogP contribution in [-0.2, 0) is 27.7 Å². The number of halogens is 1. The van der Waals surface area contributed by atoms with Gasteiger partial charge in [-0.15, -0.1) is 0 Å². The van der Waals surface area contributed by atoms with Gasteiger partial charge in [0.1, 0.15) is 13.2 Å². The fourth-order valence-electron chi connectivity index (χ4n) is 4.14. The van der Waals surface area contributed by atoms with Crippen molar-refractivity contribution in [3.8, 4) is 11.5 Å². The summed E-state index contributed by atoms with van der Waals surface area (Å²) in [5, 5.41) is 0. The number of ether oxygens (including phenoxy) is 3. The van der Waals surface area contributed by atoms with Gasteiger partial charge in [0.25, 0.3) is 0 Å². The third kappa shape index (κ3) is 3.68.